The molecule has 1 fully saturated rings. The molecule has 1 N–H and O–H groups in total. The maximum absolute atomic E-state index is 12.4. The first-order chi connectivity index (χ1) is 11.5. The van der Waals surface area contributed by atoms with Gasteiger partial charge in [0.1, 0.15) is 6.04 Å². The summed E-state index contributed by atoms with van der Waals surface area (Å²) >= 11 is 0. The van der Waals surface area contributed by atoms with Gasteiger partial charge in [-0.05, 0) is 6.42 Å². The van der Waals surface area contributed by atoms with E-state index in [1.165, 1.54) is 0 Å². The molecule has 8 heteroatoms. The summed E-state index contributed by atoms with van der Waals surface area (Å²) in [6.45, 7) is 0.576. The van der Waals surface area contributed by atoms with Gasteiger partial charge in [-0.1, -0.05) is 0 Å². The summed E-state index contributed by atoms with van der Waals surface area (Å²) in [5, 5.41) is 14.9. The van der Waals surface area contributed by atoms with Crippen molar-refractivity contribution in [3.05, 3.63) is 12.4 Å². The lowest BCUT2D eigenvalue weighted by Gasteiger charge is -2.15. The summed E-state index contributed by atoms with van der Waals surface area (Å²) in [6.07, 6.45) is 11.4. The number of terminal acetylenes is 1. The topological polar surface area (TPSA) is 92.0 Å². The molecule has 2 aliphatic heterocycles. The van der Waals surface area contributed by atoms with Gasteiger partial charge in [-0.2, -0.15) is 15.3 Å². The lowest BCUT2D eigenvalue weighted by atomic mass is 10.0. The van der Waals surface area contributed by atoms with Crippen LogP contribution in [0.5, 0.6) is 0 Å². The highest BCUT2D eigenvalue weighted by molar-refractivity contribution is 6.01. The molecule has 1 saturated heterocycles. The molecular weight excluding hydrogens is 308 g/mol. The zero-order chi connectivity index (χ0) is 17.2. The van der Waals surface area contributed by atoms with Gasteiger partial charge in [0, 0.05) is 45.5 Å². The fourth-order valence-corrected chi connectivity index (χ4v) is 2.87. The van der Waals surface area contributed by atoms with E-state index < -0.39 is 11.7 Å². The first kappa shape index (κ1) is 16.2. The van der Waals surface area contributed by atoms with Crippen molar-refractivity contribution in [1.29, 1.82) is 0 Å². The van der Waals surface area contributed by atoms with Gasteiger partial charge in [0.25, 0.3) is 0 Å². The van der Waals surface area contributed by atoms with E-state index in [1.54, 1.807) is 29.0 Å². The first-order valence-electron chi connectivity index (χ1n) is 8.00. The molecule has 1 unspecified atom stereocenters. The Labute approximate surface area is 140 Å². The van der Waals surface area contributed by atoms with Gasteiger partial charge >= 0.3 is 0 Å². The number of amides is 2. The van der Waals surface area contributed by atoms with Gasteiger partial charge in [-0.25, -0.2) is 0 Å². The molecule has 8 nitrogen and oxygen atoms in total. The third-order valence-electron chi connectivity index (χ3n) is 4.35. The molecule has 0 saturated carbocycles. The van der Waals surface area contributed by atoms with Crippen LogP contribution in [0.25, 0.3) is 0 Å². The molecule has 1 aromatic rings. The Morgan fingerprint density at radius 1 is 1.50 bits per heavy atom. The normalized spacial score (nSPS) is 20.9. The zero-order valence-corrected chi connectivity index (χ0v) is 13.6. The number of carbonyl (C=O) groups is 2. The van der Waals surface area contributed by atoms with Gasteiger partial charge in [0.05, 0.1) is 11.9 Å². The van der Waals surface area contributed by atoms with Crippen LogP contribution in [0.2, 0.25) is 0 Å². The summed E-state index contributed by atoms with van der Waals surface area (Å²) in [5.74, 6) is 2.31. The Balaban J connectivity index is 1.47. The van der Waals surface area contributed by atoms with Crippen molar-refractivity contribution in [2.45, 2.75) is 43.8 Å². The monoisotopic (exact) mass is 328 g/mol. The van der Waals surface area contributed by atoms with Crippen LogP contribution in [-0.2, 0) is 16.6 Å². The summed E-state index contributed by atoms with van der Waals surface area (Å²) in [7, 11) is 1.80. The second-order valence-corrected chi connectivity index (χ2v) is 6.16. The lowest BCUT2D eigenvalue weighted by molar-refractivity contribution is -0.126. The molecule has 0 aliphatic carbocycles. The van der Waals surface area contributed by atoms with Crippen LogP contribution in [0.4, 0.5) is 5.69 Å². The van der Waals surface area contributed by atoms with Crippen molar-refractivity contribution in [3.63, 3.8) is 0 Å². The number of nitrogens with zero attached hydrogens (tertiary/aromatic N) is 5. The second kappa shape index (κ2) is 6.43. The molecule has 1 aromatic heterocycles. The predicted octanol–water partition coefficient (Wildman–Crippen LogP) is 0.997. The first-order valence-corrected chi connectivity index (χ1v) is 8.00. The zero-order valence-electron chi connectivity index (χ0n) is 13.6. The number of nitrogens with one attached hydrogen (secondary N) is 1. The fourth-order valence-electron chi connectivity index (χ4n) is 2.87. The Morgan fingerprint density at radius 2 is 2.29 bits per heavy atom. The Morgan fingerprint density at radius 3 is 2.92 bits per heavy atom. The molecule has 3 heterocycles. The van der Waals surface area contributed by atoms with E-state index in [0.29, 0.717) is 32.2 Å². The number of hydrogen-bond donors (Lipinski definition) is 1. The Bertz CT molecular complexity index is 710. The molecule has 0 bridgehead atoms. The number of hydrogen-bond acceptors (Lipinski definition) is 5. The van der Waals surface area contributed by atoms with Crippen molar-refractivity contribution >= 4 is 17.5 Å². The summed E-state index contributed by atoms with van der Waals surface area (Å²) < 4.78 is 1.65. The highest BCUT2D eigenvalue weighted by Gasteiger charge is 2.40. The molecular formula is C16H20N6O2. The van der Waals surface area contributed by atoms with Gasteiger partial charge in [0.15, 0.2) is 5.66 Å². The second-order valence-electron chi connectivity index (χ2n) is 6.16. The molecule has 2 aliphatic rings. The van der Waals surface area contributed by atoms with Crippen LogP contribution in [0, 0.1) is 12.3 Å². The van der Waals surface area contributed by atoms with Crippen molar-refractivity contribution in [2.75, 3.05) is 11.4 Å². The van der Waals surface area contributed by atoms with Gasteiger partial charge in [-0.3, -0.25) is 14.3 Å². The molecule has 0 spiro atoms. The maximum atomic E-state index is 12.4. The summed E-state index contributed by atoms with van der Waals surface area (Å²) in [6, 6.07) is -0.479. The molecule has 0 radical (unpaired) electrons. The van der Waals surface area contributed by atoms with E-state index in [1.807, 2.05) is 0 Å². The number of rotatable bonds is 7. The van der Waals surface area contributed by atoms with Crippen molar-refractivity contribution < 1.29 is 9.59 Å². The highest BCUT2D eigenvalue weighted by atomic mass is 16.2. The van der Waals surface area contributed by atoms with E-state index in [2.05, 4.69) is 26.6 Å². The summed E-state index contributed by atoms with van der Waals surface area (Å²) in [4.78, 5) is 26.2. The maximum Gasteiger partial charge on any atom is 0.249 e. The third-order valence-corrected chi connectivity index (χ3v) is 4.35. The minimum absolute atomic E-state index is 0.0980. The number of anilines is 1. The van der Waals surface area contributed by atoms with Crippen LogP contribution in [0.15, 0.2) is 22.6 Å². The smallest absolute Gasteiger partial charge is 0.249 e. The molecule has 2 amide bonds. The number of aromatic nitrogens is 2. The predicted molar refractivity (Wildman–Crippen MR) is 87.0 cm³/mol. The average Bonchev–Trinajstić information content (AvgIpc) is 3.08. The average molecular weight is 328 g/mol. The van der Waals surface area contributed by atoms with Gasteiger partial charge in [-0.15, -0.1) is 12.3 Å². The SMILES string of the molecule is C#CCCC1(CCC(=O)NC2CCN(c3cnn(C)c3)C2=O)N=N1. The van der Waals surface area contributed by atoms with E-state index in [4.69, 9.17) is 6.42 Å². The third kappa shape index (κ3) is 3.45. The van der Waals surface area contributed by atoms with Crippen molar-refractivity contribution in [2.24, 2.45) is 17.3 Å². The lowest BCUT2D eigenvalue weighted by Crippen LogP contribution is -2.41. The van der Waals surface area contributed by atoms with Gasteiger partial charge in [0.2, 0.25) is 11.8 Å². The van der Waals surface area contributed by atoms with Crippen LogP contribution in [-0.4, -0.2) is 39.8 Å². The quantitative estimate of drug-likeness (QED) is 0.757. The molecule has 3 rings (SSSR count). The molecule has 126 valence electrons. The van der Waals surface area contributed by atoms with E-state index in [0.717, 1.165) is 5.69 Å². The van der Waals surface area contributed by atoms with Crippen LogP contribution in [0.3, 0.4) is 0 Å². The Hall–Kier alpha value is -2.69. The minimum atomic E-state index is -0.479. The highest BCUT2D eigenvalue weighted by Crippen LogP contribution is 2.37. The standard InChI is InChI=1S/C16H20N6O2/c1-3-4-7-16(19-20-16)8-5-14(23)18-13-6-9-22(15(13)24)12-10-17-21(2)11-12/h1,10-11,13H,4-9H2,2H3,(H,18,23). The van der Waals surface area contributed by atoms with E-state index in [9.17, 15) is 9.59 Å². The molecule has 1 atom stereocenters. The Kier molecular flexibility index (Phi) is 4.34. The van der Waals surface area contributed by atoms with Crippen molar-refractivity contribution in [1.82, 2.24) is 15.1 Å². The van der Waals surface area contributed by atoms with Crippen LogP contribution in [0.1, 0.15) is 32.1 Å². The van der Waals surface area contributed by atoms with Crippen molar-refractivity contribution in [3.8, 4) is 12.3 Å². The van der Waals surface area contributed by atoms with Crippen LogP contribution < -0.4 is 10.2 Å². The molecule has 24 heavy (non-hydrogen) atoms. The van der Waals surface area contributed by atoms with E-state index in [-0.39, 0.29) is 18.2 Å². The number of aryl methyl sites for hydroxylation is 1. The minimum Gasteiger partial charge on any atom is -0.344 e. The number of carbonyl (C=O) groups excluding carboxylic acids is 2. The van der Waals surface area contributed by atoms with Crippen LogP contribution >= 0.6 is 0 Å². The fraction of sp³-hybridized carbons (Fsp3) is 0.562. The summed E-state index contributed by atoms with van der Waals surface area (Å²) in [5.41, 5.74) is 0.286. The van der Waals surface area contributed by atoms with Gasteiger partial charge < -0.3 is 10.2 Å². The largest absolute Gasteiger partial charge is 0.344 e. The molecule has 0 aromatic carbocycles. The van der Waals surface area contributed by atoms with E-state index >= 15 is 0 Å².